The first-order chi connectivity index (χ1) is 7.18. The van der Waals surface area contributed by atoms with E-state index in [0.29, 0.717) is 17.3 Å². The van der Waals surface area contributed by atoms with E-state index in [0.717, 1.165) is 19.5 Å². The number of rotatable bonds is 2. The van der Waals surface area contributed by atoms with Crippen molar-refractivity contribution in [2.24, 2.45) is 5.92 Å². The van der Waals surface area contributed by atoms with E-state index in [-0.39, 0.29) is 0 Å². The van der Waals surface area contributed by atoms with Crippen LogP contribution in [0.25, 0.3) is 0 Å². The minimum atomic E-state index is -0.905. The highest BCUT2D eigenvalue weighted by Crippen LogP contribution is 2.24. The van der Waals surface area contributed by atoms with Gasteiger partial charge in [-0.3, -0.25) is 0 Å². The van der Waals surface area contributed by atoms with Crippen LogP contribution in [-0.2, 0) is 0 Å². The molecule has 2 heterocycles. The molecule has 1 N–H and O–H groups in total. The first-order valence-corrected chi connectivity index (χ1v) is 5.11. The summed E-state index contributed by atoms with van der Waals surface area (Å²) in [5.74, 6) is 0.320. The van der Waals surface area contributed by atoms with Crippen molar-refractivity contribution < 1.29 is 9.90 Å². The minimum Gasteiger partial charge on any atom is -0.478 e. The van der Waals surface area contributed by atoms with Crippen LogP contribution in [0.1, 0.15) is 23.7 Å². The maximum atomic E-state index is 11.0. The van der Waals surface area contributed by atoms with Crippen LogP contribution in [-0.4, -0.2) is 29.1 Å². The van der Waals surface area contributed by atoms with Crippen molar-refractivity contribution in [1.29, 1.82) is 0 Å². The Labute approximate surface area is 88.6 Å². The van der Waals surface area contributed by atoms with Crippen molar-refractivity contribution in [3.05, 3.63) is 23.9 Å². The number of carbonyl (C=O) groups is 1. The zero-order valence-corrected chi connectivity index (χ0v) is 8.68. The van der Waals surface area contributed by atoms with Crippen LogP contribution in [0.2, 0.25) is 0 Å². The van der Waals surface area contributed by atoms with Crippen molar-refractivity contribution in [3.63, 3.8) is 0 Å². The Bertz CT molecular complexity index is 379. The Kier molecular flexibility index (Phi) is 2.58. The number of carboxylic acid groups (broad SMARTS) is 1. The average molecular weight is 206 g/mol. The molecule has 1 aliphatic heterocycles. The topological polar surface area (TPSA) is 53.4 Å². The molecule has 1 aliphatic rings. The smallest absolute Gasteiger partial charge is 0.339 e. The Balaban J connectivity index is 2.31. The third-order valence-corrected chi connectivity index (χ3v) is 2.74. The normalized spacial score (nSPS) is 20.6. The molecule has 0 radical (unpaired) electrons. The molecule has 1 saturated heterocycles. The van der Waals surface area contributed by atoms with Gasteiger partial charge >= 0.3 is 5.97 Å². The minimum absolute atomic E-state index is 0.298. The van der Waals surface area contributed by atoms with E-state index in [1.54, 1.807) is 18.3 Å². The highest BCUT2D eigenvalue weighted by atomic mass is 16.4. The van der Waals surface area contributed by atoms with Gasteiger partial charge in [0.25, 0.3) is 0 Å². The van der Waals surface area contributed by atoms with Gasteiger partial charge in [0.2, 0.25) is 0 Å². The number of pyridine rings is 1. The highest BCUT2D eigenvalue weighted by Gasteiger charge is 2.23. The van der Waals surface area contributed by atoms with Crippen molar-refractivity contribution in [1.82, 2.24) is 4.98 Å². The lowest BCUT2D eigenvalue weighted by Gasteiger charge is -2.18. The third-order valence-electron chi connectivity index (χ3n) is 2.74. The number of anilines is 1. The lowest BCUT2D eigenvalue weighted by Crippen LogP contribution is -2.22. The van der Waals surface area contributed by atoms with Gasteiger partial charge in [-0.05, 0) is 24.5 Å². The molecule has 4 nitrogen and oxygen atoms in total. The fourth-order valence-corrected chi connectivity index (χ4v) is 1.94. The summed E-state index contributed by atoms with van der Waals surface area (Å²) in [4.78, 5) is 17.2. The van der Waals surface area contributed by atoms with Crippen LogP contribution in [0.5, 0.6) is 0 Å². The summed E-state index contributed by atoms with van der Waals surface area (Å²) in [6.07, 6.45) is 2.75. The van der Waals surface area contributed by atoms with Crippen LogP contribution in [0, 0.1) is 5.92 Å². The predicted octanol–water partition coefficient (Wildman–Crippen LogP) is 1.63. The van der Waals surface area contributed by atoms with Crippen LogP contribution < -0.4 is 4.90 Å². The third kappa shape index (κ3) is 1.93. The predicted molar refractivity (Wildman–Crippen MR) is 57.2 cm³/mol. The van der Waals surface area contributed by atoms with E-state index in [1.807, 2.05) is 4.90 Å². The van der Waals surface area contributed by atoms with Crippen LogP contribution >= 0.6 is 0 Å². The molecule has 0 spiro atoms. The first-order valence-electron chi connectivity index (χ1n) is 5.11. The number of aromatic carboxylic acids is 1. The highest BCUT2D eigenvalue weighted by molar-refractivity contribution is 5.93. The Morgan fingerprint density at radius 3 is 3.07 bits per heavy atom. The fraction of sp³-hybridized carbons (Fsp3) is 0.455. The van der Waals surface area contributed by atoms with Gasteiger partial charge in [0.1, 0.15) is 11.4 Å². The summed E-state index contributed by atoms with van der Waals surface area (Å²) in [6, 6.07) is 3.26. The summed E-state index contributed by atoms with van der Waals surface area (Å²) in [5, 5.41) is 9.03. The largest absolute Gasteiger partial charge is 0.478 e. The van der Waals surface area contributed by atoms with Gasteiger partial charge in [-0.1, -0.05) is 6.92 Å². The summed E-state index contributed by atoms with van der Waals surface area (Å²) >= 11 is 0. The number of nitrogens with zero attached hydrogens (tertiary/aromatic N) is 2. The zero-order valence-electron chi connectivity index (χ0n) is 8.68. The molecule has 1 atom stereocenters. The molecular weight excluding hydrogens is 192 g/mol. The lowest BCUT2D eigenvalue weighted by atomic mass is 10.2. The molecule has 0 bridgehead atoms. The fourth-order valence-electron chi connectivity index (χ4n) is 1.94. The van der Waals surface area contributed by atoms with Crippen LogP contribution in [0.4, 0.5) is 5.82 Å². The average Bonchev–Trinajstić information content (AvgIpc) is 2.65. The van der Waals surface area contributed by atoms with E-state index in [4.69, 9.17) is 5.11 Å². The van der Waals surface area contributed by atoms with Gasteiger partial charge in [0.05, 0.1) is 0 Å². The first kappa shape index (κ1) is 9.96. The summed E-state index contributed by atoms with van der Waals surface area (Å²) in [5.41, 5.74) is 0.298. The van der Waals surface area contributed by atoms with E-state index in [2.05, 4.69) is 11.9 Å². The maximum Gasteiger partial charge on any atom is 0.339 e. The second-order valence-electron chi connectivity index (χ2n) is 4.02. The molecule has 0 aliphatic carbocycles. The lowest BCUT2D eigenvalue weighted by molar-refractivity contribution is 0.0697. The quantitative estimate of drug-likeness (QED) is 0.799. The SMILES string of the molecule is CC1CCN(c2ncccc2C(=O)O)C1. The van der Waals surface area contributed by atoms with E-state index in [9.17, 15) is 4.79 Å². The molecule has 2 rings (SSSR count). The Hall–Kier alpha value is -1.58. The molecule has 0 amide bonds. The van der Waals surface area contributed by atoms with E-state index in [1.165, 1.54) is 0 Å². The van der Waals surface area contributed by atoms with E-state index >= 15 is 0 Å². The van der Waals surface area contributed by atoms with E-state index < -0.39 is 5.97 Å². The molecule has 0 saturated carbocycles. The second kappa shape index (κ2) is 3.88. The van der Waals surface area contributed by atoms with Crippen molar-refractivity contribution >= 4 is 11.8 Å². The number of carboxylic acids is 1. The number of hydrogen-bond donors (Lipinski definition) is 1. The maximum absolute atomic E-state index is 11.0. The molecular formula is C11H14N2O2. The van der Waals surface area contributed by atoms with Crippen molar-refractivity contribution in [3.8, 4) is 0 Å². The van der Waals surface area contributed by atoms with Crippen molar-refractivity contribution in [2.75, 3.05) is 18.0 Å². The Morgan fingerprint density at radius 1 is 1.67 bits per heavy atom. The second-order valence-corrected chi connectivity index (χ2v) is 4.02. The van der Waals surface area contributed by atoms with Gasteiger partial charge in [-0.25, -0.2) is 9.78 Å². The van der Waals surface area contributed by atoms with Gasteiger partial charge in [0, 0.05) is 19.3 Å². The molecule has 1 fully saturated rings. The Morgan fingerprint density at radius 2 is 2.47 bits per heavy atom. The molecule has 4 heteroatoms. The molecule has 15 heavy (non-hydrogen) atoms. The van der Waals surface area contributed by atoms with Gasteiger partial charge < -0.3 is 10.0 Å². The number of aromatic nitrogens is 1. The summed E-state index contributed by atoms with van der Waals surface area (Å²) < 4.78 is 0. The summed E-state index contributed by atoms with van der Waals surface area (Å²) in [7, 11) is 0. The zero-order chi connectivity index (χ0) is 10.8. The van der Waals surface area contributed by atoms with Gasteiger partial charge in [-0.15, -0.1) is 0 Å². The number of hydrogen-bond acceptors (Lipinski definition) is 3. The molecule has 1 unspecified atom stereocenters. The van der Waals surface area contributed by atoms with Gasteiger partial charge in [0.15, 0.2) is 0 Å². The standard InChI is InChI=1S/C11H14N2O2/c1-8-4-6-13(7-8)10-9(11(14)15)3-2-5-12-10/h2-3,5,8H,4,6-7H2,1H3,(H,14,15). The summed E-state index contributed by atoms with van der Waals surface area (Å²) in [6.45, 7) is 3.97. The molecule has 1 aromatic heterocycles. The molecule has 1 aromatic rings. The van der Waals surface area contributed by atoms with Gasteiger partial charge in [-0.2, -0.15) is 0 Å². The molecule has 0 aromatic carbocycles. The monoisotopic (exact) mass is 206 g/mol. The van der Waals surface area contributed by atoms with Crippen molar-refractivity contribution in [2.45, 2.75) is 13.3 Å². The van der Waals surface area contributed by atoms with Crippen LogP contribution in [0.3, 0.4) is 0 Å². The molecule has 80 valence electrons. The van der Waals surface area contributed by atoms with Crippen LogP contribution in [0.15, 0.2) is 18.3 Å².